The summed E-state index contributed by atoms with van der Waals surface area (Å²) in [6, 6.07) is 10.3. The first-order chi connectivity index (χ1) is 13.5. The molecule has 0 saturated carbocycles. The Kier molecular flexibility index (Phi) is 5.19. The number of carbonyl (C=O) groups excluding carboxylic acids is 1. The van der Waals surface area contributed by atoms with E-state index in [0.29, 0.717) is 18.1 Å². The van der Waals surface area contributed by atoms with Gasteiger partial charge in [0, 0.05) is 18.9 Å². The smallest absolute Gasteiger partial charge is 0.255 e. The lowest BCUT2D eigenvalue weighted by atomic mass is 9.73. The Bertz CT molecular complexity index is 824. The number of benzene rings is 1. The van der Waals surface area contributed by atoms with E-state index >= 15 is 0 Å². The van der Waals surface area contributed by atoms with Crippen LogP contribution in [0.3, 0.4) is 0 Å². The van der Waals surface area contributed by atoms with Crippen molar-refractivity contribution < 1.29 is 13.9 Å². The minimum atomic E-state index is -0.265. The third-order valence-corrected chi connectivity index (χ3v) is 6.34. The fourth-order valence-corrected chi connectivity index (χ4v) is 4.82. The van der Waals surface area contributed by atoms with Crippen LogP contribution < -0.4 is 0 Å². The standard InChI is InChI=1S/C23H27FN2O2/c1-16(2)20-13-23(15-28-21(20)17-6-8-19(24)9-7-17)10-4-12-26(23)22(27)18-5-3-11-25-14-18/h3,5-9,11,14,16,20-21H,4,10,12-13,15H2,1-2H3/t20-,21-,23-/m0/s1. The Labute approximate surface area is 165 Å². The second kappa shape index (κ2) is 7.63. The van der Waals surface area contributed by atoms with Gasteiger partial charge in [0.15, 0.2) is 0 Å². The maximum Gasteiger partial charge on any atom is 0.255 e. The second-order valence-corrected chi connectivity index (χ2v) is 8.42. The van der Waals surface area contributed by atoms with Gasteiger partial charge < -0.3 is 9.64 Å². The number of pyridine rings is 1. The summed E-state index contributed by atoms with van der Waals surface area (Å²) in [5.74, 6) is 0.461. The summed E-state index contributed by atoms with van der Waals surface area (Å²) in [4.78, 5) is 19.3. The highest BCUT2D eigenvalue weighted by Gasteiger charge is 2.50. The Morgan fingerprint density at radius 2 is 2.07 bits per heavy atom. The first-order valence-corrected chi connectivity index (χ1v) is 10.1. The van der Waals surface area contributed by atoms with Gasteiger partial charge in [-0.15, -0.1) is 0 Å². The average molecular weight is 382 g/mol. The fraction of sp³-hybridized carbons (Fsp3) is 0.478. The molecule has 4 rings (SSSR count). The number of nitrogens with zero attached hydrogens (tertiary/aromatic N) is 2. The number of rotatable bonds is 3. The molecule has 1 amide bonds. The maximum absolute atomic E-state index is 13.4. The van der Waals surface area contributed by atoms with Crippen LogP contribution in [0.5, 0.6) is 0 Å². The molecule has 148 valence electrons. The predicted molar refractivity (Wildman–Crippen MR) is 105 cm³/mol. The Morgan fingerprint density at radius 3 is 2.75 bits per heavy atom. The fourth-order valence-electron chi connectivity index (χ4n) is 4.82. The van der Waals surface area contributed by atoms with E-state index in [1.807, 2.05) is 23.1 Å². The Morgan fingerprint density at radius 1 is 1.29 bits per heavy atom. The SMILES string of the molecule is CC(C)[C@@H]1C[C@@]2(CCCN2C(=O)c2cccnc2)CO[C@H]1c1ccc(F)cc1. The summed E-state index contributed by atoms with van der Waals surface area (Å²) in [5, 5.41) is 0. The molecule has 2 saturated heterocycles. The molecule has 3 heterocycles. The van der Waals surface area contributed by atoms with Gasteiger partial charge in [0.1, 0.15) is 5.82 Å². The highest BCUT2D eigenvalue weighted by Crippen LogP contribution is 2.48. The van der Waals surface area contributed by atoms with Gasteiger partial charge in [0.05, 0.1) is 23.8 Å². The van der Waals surface area contributed by atoms with Gasteiger partial charge in [0.2, 0.25) is 0 Å². The molecule has 2 fully saturated rings. The highest BCUT2D eigenvalue weighted by molar-refractivity contribution is 5.94. The van der Waals surface area contributed by atoms with Crippen molar-refractivity contribution in [1.82, 2.24) is 9.88 Å². The molecule has 1 aromatic heterocycles. The summed E-state index contributed by atoms with van der Waals surface area (Å²) >= 11 is 0. The molecular weight excluding hydrogens is 355 g/mol. The first-order valence-electron chi connectivity index (χ1n) is 10.1. The molecule has 0 aliphatic carbocycles. The average Bonchev–Trinajstić information content (AvgIpc) is 3.11. The minimum Gasteiger partial charge on any atom is -0.371 e. The van der Waals surface area contributed by atoms with E-state index in [-0.39, 0.29) is 29.3 Å². The van der Waals surface area contributed by atoms with E-state index in [1.54, 1.807) is 18.5 Å². The number of halogens is 1. The zero-order chi connectivity index (χ0) is 19.7. The number of carbonyl (C=O) groups is 1. The highest BCUT2D eigenvalue weighted by atomic mass is 19.1. The molecule has 1 aromatic carbocycles. The Hall–Kier alpha value is -2.27. The van der Waals surface area contributed by atoms with Crippen LogP contribution in [-0.2, 0) is 4.74 Å². The molecule has 28 heavy (non-hydrogen) atoms. The van der Waals surface area contributed by atoms with E-state index in [4.69, 9.17) is 4.74 Å². The van der Waals surface area contributed by atoms with Crippen molar-refractivity contribution in [3.05, 3.63) is 65.7 Å². The molecule has 0 N–H and O–H groups in total. The molecule has 2 aromatic rings. The van der Waals surface area contributed by atoms with Crippen LogP contribution in [-0.4, -0.2) is 34.5 Å². The largest absolute Gasteiger partial charge is 0.371 e. The van der Waals surface area contributed by atoms with Crippen molar-refractivity contribution in [2.75, 3.05) is 13.2 Å². The van der Waals surface area contributed by atoms with Gasteiger partial charge in [-0.3, -0.25) is 9.78 Å². The summed E-state index contributed by atoms with van der Waals surface area (Å²) in [6.45, 7) is 5.67. The summed E-state index contributed by atoms with van der Waals surface area (Å²) in [6.07, 6.45) is 6.10. The van der Waals surface area contributed by atoms with Gasteiger partial charge in [-0.25, -0.2) is 4.39 Å². The van der Waals surface area contributed by atoms with Crippen molar-refractivity contribution in [3.63, 3.8) is 0 Å². The molecule has 2 aliphatic rings. The number of likely N-dealkylation sites (tertiary alicyclic amines) is 1. The van der Waals surface area contributed by atoms with Gasteiger partial charge in [-0.1, -0.05) is 26.0 Å². The van der Waals surface area contributed by atoms with Crippen molar-refractivity contribution >= 4 is 5.91 Å². The topological polar surface area (TPSA) is 42.4 Å². The monoisotopic (exact) mass is 382 g/mol. The van der Waals surface area contributed by atoms with Crippen molar-refractivity contribution in [2.45, 2.75) is 44.8 Å². The molecule has 0 radical (unpaired) electrons. The molecule has 1 spiro atoms. The first kappa shape index (κ1) is 19.1. The molecule has 0 bridgehead atoms. The van der Waals surface area contributed by atoms with E-state index in [1.165, 1.54) is 12.1 Å². The third kappa shape index (κ3) is 3.44. The van der Waals surface area contributed by atoms with Crippen LogP contribution in [0.1, 0.15) is 55.1 Å². The summed E-state index contributed by atoms with van der Waals surface area (Å²) in [5.41, 5.74) is 1.38. The summed E-state index contributed by atoms with van der Waals surface area (Å²) < 4.78 is 19.8. The van der Waals surface area contributed by atoms with Crippen molar-refractivity contribution in [3.8, 4) is 0 Å². The second-order valence-electron chi connectivity index (χ2n) is 8.42. The normalized spacial score (nSPS) is 27.5. The quantitative estimate of drug-likeness (QED) is 0.777. The number of aromatic nitrogens is 1. The van der Waals surface area contributed by atoms with E-state index in [0.717, 1.165) is 31.4 Å². The van der Waals surface area contributed by atoms with Crippen LogP contribution >= 0.6 is 0 Å². The molecule has 5 heteroatoms. The molecule has 4 nitrogen and oxygen atoms in total. The van der Waals surface area contributed by atoms with Crippen molar-refractivity contribution in [2.24, 2.45) is 11.8 Å². The zero-order valence-corrected chi connectivity index (χ0v) is 16.5. The van der Waals surface area contributed by atoms with Gasteiger partial charge in [0.25, 0.3) is 5.91 Å². The van der Waals surface area contributed by atoms with Crippen LogP contribution in [0.15, 0.2) is 48.8 Å². The van der Waals surface area contributed by atoms with Gasteiger partial charge in [-0.05, 0) is 60.9 Å². The lowest BCUT2D eigenvalue weighted by molar-refractivity contribution is -0.112. The third-order valence-electron chi connectivity index (χ3n) is 6.34. The van der Waals surface area contributed by atoms with Crippen LogP contribution in [0.2, 0.25) is 0 Å². The van der Waals surface area contributed by atoms with Crippen LogP contribution in [0.4, 0.5) is 4.39 Å². The lowest BCUT2D eigenvalue weighted by Crippen LogP contribution is -2.55. The Balaban J connectivity index is 1.60. The van der Waals surface area contributed by atoms with Gasteiger partial charge >= 0.3 is 0 Å². The number of ether oxygens (including phenoxy) is 1. The molecule has 2 aliphatic heterocycles. The maximum atomic E-state index is 13.4. The van der Waals surface area contributed by atoms with E-state index in [9.17, 15) is 9.18 Å². The van der Waals surface area contributed by atoms with Crippen LogP contribution in [0.25, 0.3) is 0 Å². The van der Waals surface area contributed by atoms with E-state index < -0.39 is 0 Å². The molecule has 0 unspecified atom stereocenters. The number of amides is 1. The number of hydrogen-bond acceptors (Lipinski definition) is 3. The minimum absolute atomic E-state index is 0.0388. The van der Waals surface area contributed by atoms with Crippen molar-refractivity contribution in [1.29, 1.82) is 0 Å². The molecule has 3 atom stereocenters. The summed E-state index contributed by atoms with van der Waals surface area (Å²) in [7, 11) is 0. The van der Waals surface area contributed by atoms with Gasteiger partial charge in [-0.2, -0.15) is 0 Å². The predicted octanol–water partition coefficient (Wildman–Crippen LogP) is 4.63. The van der Waals surface area contributed by atoms with E-state index in [2.05, 4.69) is 18.8 Å². The molecular formula is C23H27FN2O2. The lowest BCUT2D eigenvalue weighted by Gasteiger charge is -2.48. The van der Waals surface area contributed by atoms with Crippen LogP contribution in [0, 0.1) is 17.7 Å². The zero-order valence-electron chi connectivity index (χ0n) is 16.5. The number of hydrogen-bond donors (Lipinski definition) is 0.